The summed E-state index contributed by atoms with van der Waals surface area (Å²) in [5.41, 5.74) is 8.09. The van der Waals surface area contributed by atoms with Crippen LogP contribution in [0, 0.1) is 5.92 Å². The lowest BCUT2D eigenvalue weighted by Gasteiger charge is -2.32. The molecule has 2 aromatic rings. The van der Waals surface area contributed by atoms with Gasteiger partial charge < -0.3 is 5.73 Å². The van der Waals surface area contributed by atoms with Crippen molar-refractivity contribution in [3.05, 3.63) is 42.1 Å². The first-order valence-electron chi connectivity index (χ1n) is 7.61. The number of para-hydroxylation sites is 1. The number of hydrogen-bond donors (Lipinski definition) is 1. The van der Waals surface area contributed by atoms with Crippen LogP contribution in [0.5, 0.6) is 0 Å². The fourth-order valence-corrected chi connectivity index (χ4v) is 3.23. The normalized spacial score (nSPS) is 20.4. The van der Waals surface area contributed by atoms with E-state index in [2.05, 4.69) is 34.1 Å². The van der Waals surface area contributed by atoms with Gasteiger partial charge in [-0.1, -0.05) is 18.2 Å². The van der Waals surface area contributed by atoms with E-state index in [1.165, 1.54) is 36.9 Å². The van der Waals surface area contributed by atoms with Crippen molar-refractivity contribution in [3.8, 4) is 0 Å². The van der Waals surface area contributed by atoms with Crippen LogP contribution in [0.4, 0.5) is 0 Å². The van der Waals surface area contributed by atoms with Crippen LogP contribution in [0.1, 0.15) is 24.8 Å². The number of piperidine rings is 1. The highest BCUT2D eigenvalue weighted by Crippen LogP contribution is 2.21. The third-order valence-electron chi connectivity index (χ3n) is 4.23. The molecule has 3 heteroatoms. The number of pyridine rings is 1. The average Bonchev–Trinajstić information content (AvgIpc) is 2.48. The first-order valence-corrected chi connectivity index (χ1v) is 7.61. The number of nitrogens with two attached hydrogens (primary N) is 1. The Kier molecular flexibility index (Phi) is 4.28. The van der Waals surface area contributed by atoms with Gasteiger partial charge in [-0.05, 0) is 56.0 Å². The first-order chi connectivity index (χ1) is 9.85. The fraction of sp³-hybridized carbons (Fsp3) is 0.471. The minimum atomic E-state index is 0.780. The number of aromatic nitrogens is 1. The van der Waals surface area contributed by atoms with Gasteiger partial charge in [0.15, 0.2) is 0 Å². The zero-order valence-electron chi connectivity index (χ0n) is 12.0. The molecule has 1 aliphatic heterocycles. The van der Waals surface area contributed by atoms with E-state index in [4.69, 9.17) is 5.73 Å². The van der Waals surface area contributed by atoms with Crippen LogP contribution in [0.15, 0.2) is 36.5 Å². The van der Waals surface area contributed by atoms with E-state index in [0.29, 0.717) is 0 Å². The van der Waals surface area contributed by atoms with Crippen molar-refractivity contribution >= 4 is 10.9 Å². The lowest BCUT2D eigenvalue weighted by atomic mass is 9.94. The number of fused-ring (bicyclic) bond motifs is 1. The Bertz CT molecular complexity index is 565. The van der Waals surface area contributed by atoms with Gasteiger partial charge in [0.05, 0.1) is 5.52 Å². The van der Waals surface area contributed by atoms with Crippen LogP contribution in [0.25, 0.3) is 10.9 Å². The van der Waals surface area contributed by atoms with Crippen LogP contribution in [-0.2, 0) is 6.54 Å². The van der Waals surface area contributed by atoms with E-state index in [9.17, 15) is 0 Å². The maximum Gasteiger partial charge on any atom is 0.0702 e. The number of hydrogen-bond acceptors (Lipinski definition) is 3. The highest BCUT2D eigenvalue weighted by atomic mass is 15.1. The molecule has 1 fully saturated rings. The van der Waals surface area contributed by atoms with Crippen LogP contribution in [0.2, 0.25) is 0 Å². The largest absolute Gasteiger partial charge is 0.330 e. The van der Waals surface area contributed by atoms with Crippen LogP contribution in [0.3, 0.4) is 0 Å². The predicted octanol–water partition coefficient (Wildman–Crippen LogP) is 2.80. The third kappa shape index (κ3) is 3.17. The number of benzene rings is 1. The molecular weight excluding hydrogens is 246 g/mol. The smallest absolute Gasteiger partial charge is 0.0702 e. The molecule has 0 bridgehead atoms. The van der Waals surface area contributed by atoms with Gasteiger partial charge in [-0.25, -0.2) is 0 Å². The molecule has 1 aliphatic rings. The van der Waals surface area contributed by atoms with E-state index >= 15 is 0 Å². The molecule has 0 amide bonds. The van der Waals surface area contributed by atoms with Crippen molar-refractivity contribution in [1.82, 2.24) is 9.88 Å². The second-order valence-electron chi connectivity index (χ2n) is 5.86. The Morgan fingerprint density at radius 1 is 1.30 bits per heavy atom. The van der Waals surface area contributed by atoms with Gasteiger partial charge in [0.2, 0.25) is 0 Å². The van der Waals surface area contributed by atoms with Gasteiger partial charge in [0, 0.05) is 24.7 Å². The van der Waals surface area contributed by atoms with E-state index in [-0.39, 0.29) is 0 Å². The lowest BCUT2D eigenvalue weighted by molar-refractivity contribution is 0.163. The summed E-state index contributed by atoms with van der Waals surface area (Å²) in [6.07, 6.45) is 5.82. The molecule has 3 rings (SSSR count). The van der Waals surface area contributed by atoms with Crippen molar-refractivity contribution in [1.29, 1.82) is 0 Å². The number of likely N-dealkylation sites (tertiary alicyclic amines) is 1. The van der Waals surface area contributed by atoms with Crippen molar-refractivity contribution in [2.24, 2.45) is 11.7 Å². The third-order valence-corrected chi connectivity index (χ3v) is 4.23. The van der Waals surface area contributed by atoms with Gasteiger partial charge in [-0.2, -0.15) is 0 Å². The van der Waals surface area contributed by atoms with Crippen molar-refractivity contribution in [3.63, 3.8) is 0 Å². The average molecular weight is 269 g/mol. The molecule has 2 N–H and O–H groups in total. The summed E-state index contributed by atoms with van der Waals surface area (Å²) in [6, 6.07) is 10.6. The second kappa shape index (κ2) is 6.33. The van der Waals surface area contributed by atoms with Gasteiger partial charge in [-0.3, -0.25) is 9.88 Å². The summed E-state index contributed by atoms with van der Waals surface area (Å²) in [6.45, 7) is 4.22. The highest BCUT2D eigenvalue weighted by Gasteiger charge is 2.19. The van der Waals surface area contributed by atoms with E-state index in [1.807, 2.05) is 12.3 Å². The SMILES string of the molecule is NCCC1CCCN(Cc2cnc3ccccc3c2)C1. The first kappa shape index (κ1) is 13.5. The zero-order valence-corrected chi connectivity index (χ0v) is 12.0. The lowest BCUT2D eigenvalue weighted by Crippen LogP contribution is -2.35. The molecule has 106 valence electrons. The maximum atomic E-state index is 5.69. The Morgan fingerprint density at radius 3 is 3.10 bits per heavy atom. The summed E-state index contributed by atoms with van der Waals surface area (Å²) in [4.78, 5) is 7.11. The Morgan fingerprint density at radius 2 is 2.20 bits per heavy atom. The van der Waals surface area contributed by atoms with Gasteiger partial charge in [-0.15, -0.1) is 0 Å². The number of nitrogens with zero attached hydrogens (tertiary/aromatic N) is 2. The van der Waals surface area contributed by atoms with Crippen LogP contribution >= 0.6 is 0 Å². The molecule has 0 saturated carbocycles. The molecule has 3 nitrogen and oxygen atoms in total. The molecule has 0 spiro atoms. The van der Waals surface area contributed by atoms with Crippen LogP contribution in [-0.4, -0.2) is 29.5 Å². The van der Waals surface area contributed by atoms with Crippen molar-refractivity contribution in [2.75, 3.05) is 19.6 Å². The minimum absolute atomic E-state index is 0.780. The molecule has 1 atom stereocenters. The van der Waals surface area contributed by atoms with Crippen molar-refractivity contribution in [2.45, 2.75) is 25.8 Å². The van der Waals surface area contributed by atoms with E-state index in [0.717, 1.165) is 30.9 Å². The highest BCUT2D eigenvalue weighted by molar-refractivity contribution is 5.78. The van der Waals surface area contributed by atoms with Crippen molar-refractivity contribution < 1.29 is 0 Å². The molecule has 1 aromatic heterocycles. The summed E-state index contributed by atoms with van der Waals surface area (Å²) >= 11 is 0. The number of rotatable bonds is 4. The Labute approximate surface area is 120 Å². The minimum Gasteiger partial charge on any atom is -0.330 e. The van der Waals surface area contributed by atoms with E-state index in [1.54, 1.807) is 0 Å². The molecular formula is C17H23N3. The maximum absolute atomic E-state index is 5.69. The quantitative estimate of drug-likeness (QED) is 0.928. The molecule has 0 radical (unpaired) electrons. The van der Waals surface area contributed by atoms with Crippen LogP contribution < -0.4 is 5.73 Å². The summed E-state index contributed by atoms with van der Waals surface area (Å²) < 4.78 is 0. The molecule has 0 aliphatic carbocycles. The van der Waals surface area contributed by atoms with E-state index < -0.39 is 0 Å². The monoisotopic (exact) mass is 269 g/mol. The summed E-state index contributed by atoms with van der Waals surface area (Å²) in [7, 11) is 0. The Hall–Kier alpha value is -1.45. The standard InChI is InChI=1S/C17H23N3/c18-8-7-14-4-3-9-20(12-14)13-15-10-16-5-1-2-6-17(16)19-11-15/h1-2,5-6,10-11,14H,3-4,7-9,12-13,18H2. The second-order valence-corrected chi connectivity index (χ2v) is 5.86. The van der Waals surface area contributed by atoms with Gasteiger partial charge in [0.25, 0.3) is 0 Å². The molecule has 1 unspecified atom stereocenters. The molecule has 2 heterocycles. The predicted molar refractivity (Wildman–Crippen MR) is 83.4 cm³/mol. The topological polar surface area (TPSA) is 42.1 Å². The fourth-order valence-electron chi connectivity index (χ4n) is 3.23. The zero-order chi connectivity index (χ0) is 13.8. The molecule has 1 saturated heterocycles. The molecule has 20 heavy (non-hydrogen) atoms. The summed E-state index contributed by atoms with van der Waals surface area (Å²) in [5.74, 6) is 0.780. The van der Waals surface area contributed by atoms with Gasteiger partial charge >= 0.3 is 0 Å². The Balaban J connectivity index is 1.69. The summed E-state index contributed by atoms with van der Waals surface area (Å²) in [5, 5.41) is 1.24. The molecule has 1 aromatic carbocycles. The van der Waals surface area contributed by atoms with Gasteiger partial charge in [0.1, 0.15) is 0 Å².